The number of hydrogen-bond acceptors (Lipinski definition) is 11. The number of carbonyl (C=O) groups excluding carboxylic acids is 4. The van der Waals surface area contributed by atoms with Gasteiger partial charge in [0.25, 0.3) is 5.91 Å². The lowest BCUT2D eigenvalue weighted by atomic mass is 9.94. The zero-order chi connectivity index (χ0) is 57.5. The molecule has 4 atom stereocenters. The highest BCUT2D eigenvalue weighted by molar-refractivity contribution is 8.00. The van der Waals surface area contributed by atoms with E-state index < -0.39 is 0 Å². The number of dihydropyridines is 1. The maximum atomic E-state index is 13.7. The Morgan fingerprint density at radius 3 is 2.27 bits per heavy atom. The largest absolute Gasteiger partial charge is 0.466 e. The van der Waals surface area contributed by atoms with Gasteiger partial charge in [-0.2, -0.15) is 11.8 Å². The lowest BCUT2D eigenvalue weighted by Gasteiger charge is -2.41. The van der Waals surface area contributed by atoms with Gasteiger partial charge in [-0.15, -0.1) is 0 Å². The summed E-state index contributed by atoms with van der Waals surface area (Å²) < 4.78 is 19.1. The van der Waals surface area contributed by atoms with Crippen molar-refractivity contribution in [1.29, 1.82) is 0 Å². The molecule has 3 fully saturated rings. The summed E-state index contributed by atoms with van der Waals surface area (Å²) in [6, 6.07) is 4.53. The number of nitrogens with zero attached hydrogens (tertiary/aromatic N) is 5. The zero-order valence-electron chi connectivity index (χ0n) is 49.3. The van der Waals surface area contributed by atoms with Crippen molar-refractivity contribution in [2.45, 2.75) is 143 Å². The molecule has 0 aliphatic carbocycles. The van der Waals surface area contributed by atoms with Crippen LogP contribution in [-0.4, -0.2) is 125 Å². The van der Waals surface area contributed by atoms with E-state index in [1.807, 2.05) is 52.4 Å². The van der Waals surface area contributed by atoms with Crippen molar-refractivity contribution < 1.29 is 27.6 Å². The molecule has 0 bridgehead atoms. The number of urea groups is 1. The maximum absolute atomic E-state index is 13.7. The highest BCUT2D eigenvalue weighted by Gasteiger charge is 2.43. The summed E-state index contributed by atoms with van der Waals surface area (Å²) in [4.78, 5) is 50.3. The molecule has 6 aliphatic heterocycles. The summed E-state index contributed by atoms with van der Waals surface area (Å²) in [5.41, 5.74) is 12.3. The molecule has 6 aliphatic rings. The van der Waals surface area contributed by atoms with E-state index in [4.69, 9.17) is 23.6 Å². The number of aromatic nitrogens is 1. The van der Waals surface area contributed by atoms with Gasteiger partial charge >= 0.3 is 17.6 Å². The Balaban J connectivity index is 0.816. The third-order valence-corrected chi connectivity index (χ3v) is 18.3. The maximum Gasteiger partial charge on any atom is 0.340 e. The number of pyridine rings is 1. The number of fused-ring (bicyclic) bond motifs is 1. The second-order valence-electron chi connectivity index (χ2n) is 22.9. The molecule has 434 valence electrons. The number of unbranched alkanes of at least 4 members (excludes halogenated alkanes) is 4. The quantitative estimate of drug-likeness (QED) is 0.0296. The number of amides is 4. The Kier molecular flexibility index (Phi) is 19.4. The molecule has 4 unspecified atom stereocenters. The van der Waals surface area contributed by atoms with Crippen molar-refractivity contribution >= 4 is 41.0 Å². The number of thioether (sulfide) groups is 1. The summed E-state index contributed by atoms with van der Waals surface area (Å²) in [5, 5.41) is 21.3. The van der Waals surface area contributed by atoms with E-state index in [0.29, 0.717) is 61.4 Å². The van der Waals surface area contributed by atoms with Crippen LogP contribution < -0.4 is 26.6 Å². The molecule has 4 amide bonds. The predicted molar refractivity (Wildman–Crippen MR) is 324 cm³/mol. The van der Waals surface area contributed by atoms with Crippen molar-refractivity contribution in [2.24, 2.45) is 5.92 Å². The van der Waals surface area contributed by atoms with E-state index in [1.54, 1.807) is 0 Å². The first-order valence-corrected chi connectivity index (χ1v) is 30.5. The molecule has 3 aromatic rings. The van der Waals surface area contributed by atoms with Crippen LogP contribution in [0.1, 0.15) is 134 Å². The second-order valence-corrected chi connectivity index (χ2v) is 24.2. The van der Waals surface area contributed by atoms with Gasteiger partial charge in [0.15, 0.2) is 0 Å². The Bertz CT molecular complexity index is 3080. The number of allylic oxidation sites excluding steroid dienone is 6. The topological polar surface area (TPSA) is 186 Å². The minimum atomic E-state index is -0.136. The van der Waals surface area contributed by atoms with E-state index in [9.17, 15) is 14.4 Å². The minimum Gasteiger partial charge on any atom is -0.466 e. The standard InChI is InChI=1S/C64H86N10O6S/c1-12-53-43(7)61(79-46(53)10)48-29-38(2)67-51(32-48)35-72-23-24-73(26-28-74(27-25-72)56-34-50(31-40(4)69-56)60-42(6)41(5)45(9)78-60)36-52-33-49(30-39(3)68-52)62-44(8)58(47(11)80-62)63(76)66-22-18-14-13-17-21-65-57(75)20-16-15-19-55-59-54(37-81-55)70-64(77)71-59/h29-30,32-34,42,54-55,59,67H,2,4-5,12-28,31,35-37H2,1,3,6-11H3,(H,65,75)(H,66,76)(H2,70,71,77). The first-order chi connectivity index (χ1) is 38.9. The average Bonchev–Trinajstić information content (AvgIpc) is 4.36. The van der Waals surface area contributed by atoms with E-state index >= 15 is 0 Å². The molecule has 9 rings (SSSR count). The number of furan rings is 2. The Hall–Kier alpha value is -6.56. The summed E-state index contributed by atoms with van der Waals surface area (Å²) >= 11 is 1.91. The van der Waals surface area contributed by atoms with Crippen molar-refractivity contribution in [2.75, 3.05) is 64.7 Å². The zero-order valence-corrected chi connectivity index (χ0v) is 50.1. The van der Waals surface area contributed by atoms with Gasteiger partial charge in [-0.3, -0.25) is 24.4 Å². The van der Waals surface area contributed by atoms with Crippen molar-refractivity contribution in [3.8, 4) is 11.3 Å². The third-order valence-electron chi connectivity index (χ3n) is 16.8. The molecule has 0 radical (unpaired) electrons. The van der Waals surface area contributed by atoms with Gasteiger partial charge < -0.3 is 45.6 Å². The molecule has 81 heavy (non-hydrogen) atoms. The minimum absolute atomic E-state index is 0.0605. The molecule has 5 N–H and O–H groups in total. The summed E-state index contributed by atoms with van der Waals surface area (Å²) in [6.07, 6.45) is 15.0. The Labute approximate surface area is 484 Å². The van der Waals surface area contributed by atoms with Crippen LogP contribution in [0.15, 0.2) is 98.7 Å². The SMILES string of the molecule is C=C1CC(=C2[O+]=C(C)C(=C)C2C)C=C(N2CCN(CC3=CC(c4oc(C)c(CC)c4C)=CC(=C)N3)CCN(Cc3cc(-c4oc(C)c(C(=O)NCCCCCCNC(=O)CCCCC5SCC6NC(=O)NC65)c4C)cc(C)n3)CC2)[N-]1. The summed E-state index contributed by atoms with van der Waals surface area (Å²) in [6.45, 7) is 36.6. The second kappa shape index (κ2) is 26.6. The lowest BCUT2D eigenvalue weighted by Crippen LogP contribution is -2.39. The van der Waals surface area contributed by atoms with Crippen LogP contribution in [-0.2, 0) is 22.2 Å². The molecule has 17 heteroatoms. The molecule has 3 saturated heterocycles. The number of ketones is 1. The first kappa shape index (κ1) is 59.1. The van der Waals surface area contributed by atoms with E-state index in [1.165, 1.54) is 11.1 Å². The molecule has 0 saturated carbocycles. The average molecular weight is 1120 g/mol. The van der Waals surface area contributed by atoms with Crippen LogP contribution >= 0.6 is 11.8 Å². The monoisotopic (exact) mass is 1120 g/mol. The number of aryl methyl sites for hydroxylation is 3. The van der Waals surface area contributed by atoms with Crippen LogP contribution in [0.3, 0.4) is 0 Å². The highest BCUT2D eigenvalue weighted by atomic mass is 32.2. The van der Waals surface area contributed by atoms with Gasteiger partial charge in [-0.25, -0.2) is 9.22 Å². The molecule has 0 spiro atoms. The van der Waals surface area contributed by atoms with Crippen LogP contribution in [0.4, 0.5) is 4.79 Å². The summed E-state index contributed by atoms with van der Waals surface area (Å²) in [7, 11) is 0. The highest BCUT2D eigenvalue weighted by Crippen LogP contribution is 2.39. The van der Waals surface area contributed by atoms with E-state index in [0.717, 1.165) is 182 Å². The summed E-state index contributed by atoms with van der Waals surface area (Å²) in [5.74, 6) is 6.81. The van der Waals surface area contributed by atoms with Gasteiger partial charge in [0.05, 0.1) is 41.4 Å². The fourth-order valence-corrected chi connectivity index (χ4v) is 13.9. The predicted octanol–water partition coefficient (Wildman–Crippen LogP) is 10.4. The van der Waals surface area contributed by atoms with Crippen LogP contribution in [0.2, 0.25) is 0 Å². The van der Waals surface area contributed by atoms with Crippen LogP contribution in [0, 0.1) is 40.5 Å². The number of hydrogen-bond donors (Lipinski definition) is 5. The fourth-order valence-electron chi connectivity index (χ4n) is 12.4. The fraction of sp³-hybridized carbons (Fsp3) is 0.516. The van der Waals surface area contributed by atoms with Gasteiger partial charge in [0.1, 0.15) is 29.0 Å². The Morgan fingerprint density at radius 2 is 1.56 bits per heavy atom. The van der Waals surface area contributed by atoms with Gasteiger partial charge in [-0.1, -0.05) is 63.5 Å². The molecule has 9 heterocycles. The molecule has 0 aromatic carbocycles. The normalized spacial score (nSPS) is 22.6. The van der Waals surface area contributed by atoms with Crippen molar-refractivity contribution in [1.82, 2.24) is 46.3 Å². The lowest BCUT2D eigenvalue weighted by molar-refractivity contribution is -0.397. The van der Waals surface area contributed by atoms with E-state index in [-0.39, 0.29) is 35.8 Å². The van der Waals surface area contributed by atoms with Gasteiger partial charge in [0.2, 0.25) is 5.91 Å². The van der Waals surface area contributed by atoms with Gasteiger partial charge in [-0.05, 0) is 135 Å². The molecule has 3 aromatic heterocycles. The molecular formula is C64H86N10O6S. The number of rotatable bonds is 21. The third kappa shape index (κ3) is 14.4. The molecular weight excluding hydrogens is 1040 g/mol. The van der Waals surface area contributed by atoms with Crippen molar-refractivity contribution in [3.05, 3.63) is 146 Å². The van der Waals surface area contributed by atoms with E-state index in [2.05, 4.69) is 106 Å². The first-order valence-electron chi connectivity index (χ1n) is 29.5. The number of nitrogens with one attached hydrogen (secondary N) is 5. The molecule has 16 nitrogen and oxygen atoms in total. The van der Waals surface area contributed by atoms with Crippen LogP contribution in [0.25, 0.3) is 22.2 Å². The smallest absolute Gasteiger partial charge is 0.340 e. The van der Waals surface area contributed by atoms with Gasteiger partial charge in [0, 0.05) is 96.9 Å². The Morgan fingerprint density at radius 1 is 0.840 bits per heavy atom. The number of carbonyl (C=O) groups is 3. The van der Waals surface area contributed by atoms with Crippen LogP contribution in [0.5, 0.6) is 0 Å². The van der Waals surface area contributed by atoms with Crippen molar-refractivity contribution in [3.63, 3.8) is 0 Å².